The number of hydrogen-bond acceptors (Lipinski definition) is 4. The zero-order valence-electron chi connectivity index (χ0n) is 11.3. The smallest absolute Gasteiger partial charge is 0.221 e. The second-order valence-corrected chi connectivity index (χ2v) is 3.91. The molecule has 0 saturated carbocycles. The van der Waals surface area contributed by atoms with Gasteiger partial charge >= 0.3 is 0 Å². The lowest BCUT2D eigenvalue weighted by Gasteiger charge is -2.12. The van der Waals surface area contributed by atoms with Crippen LogP contribution in [0.25, 0.3) is 0 Å². The third-order valence-electron chi connectivity index (χ3n) is 2.22. The largest absolute Gasteiger partial charge is 0.492 e. The van der Waals surface area contributed by atoms with E-state index in [4.69, 9.17) is 10.00 Å². The lowest BCUT2D eigenvalue weighted by molar-refractivity contribution is -0.114. The number of anilines is 2. The lowest BCUT2D eigenvalue weighted by atomic mass is 10.2. The number of nitrogens with one attached hydrogen (secondary N) is 2. The van der Waals surface area contributed by atoms with Gasteiger partial charge in [0.05, 0.1) is 18.4 Å². The molecule has 0 aliphatic rings. The van der Waals surface area contributed by atoms with Gasteiger partial charge in [0.15, 0.2) is 0 Å². The van der Waals surface area contributed by atoms with Crippen LogP contribution in [0.15, 0.2) is 30.0 Å². The number of hydrogen-bond donors (Lipinski definition) is 2. The molecule has 1 amide bonds. The molecule has 0 fully saturated rings. The van der Waals surface area contributed by atoms with Gasteiger partial charge in [0.1, 0.15) is 5.75 Å². The fourth-order valence-electron chi connectivity index (χ4n) is 1.40. The van der Waals surface area contributed by atoms with E-state index in [2.05, 4.69) is 10.6 Å². The van der Waals surface area contributed by atoms with Crippen LogP contribution in [0, 0.1) is 11.3 Å². The molecule has 0 spiro atoms. The Morgan fingerprint density at radius 3 is 2.79 bits per heavy atom. The van der Waals surface area contributed by atoms with E-state index in [0.29, 0.717) is 23.6 Å². The Morgan fingerprint density at radius 2 is 2.21 bits per heavy atom. The second kappa shape index (κ2) is 7.07. The van der Waals surface area contributed by atoms with E-state index in [1.807, 2.05) is 13.0 Å². The molecule has 0 heterocycles. The normalized spacial score (nSPS) is 10.5. The van der Waals surface area contributed by atoms with Crippen LogP contribution in [0.4, 0.5) is 11.4 Å². The predicted octanol–water partition coefficient (Wildman–Crippen LogP) is 2.88. The van der Waals surface area contributed by atoms with E-state index in [1.165, 1.54) is 6.92 Å². The summed E-state index contributed by atoms with van der Waals surface area (Å²) in [6.07, 6.45) is 1.61. The topological polar surface area (TPSA) is 74.2 Å². The molecule has 1 aromatic carbocycles. The molecule has 1 rings (SSSR count). The Kier molecular flexibility index (Phi) is 5.42. The van der Waals surface area contributed by atoms with Gasteiger partial charge in [-0.2, -0.15) is 5.26 Å². The summed E-state index contributed by atoms with van der Waals surface area (Å²) >= 11 is 0. The number of rotatable bonds is 5. The summed E-state index contributed by atoms with van der Waals surface area (Å²) in [6, 6.07) is 7.35. The van der Waals surface area contributed by atoms with Crippen molar-refractivity contribution in [2.24, 2.45) is 0 Å². The maximum Gasteiger partial charge on any atom is 0.221 e. The highest BCUT2D eigenvalue weighted by molar-refractivity contribution is 5.90. The van der Waals surface area contributed by atoms with Crippen molar-refractivity contribution in [2.75, 3.05) is 17.2 Å². The van der Waals surface area contributed by atoms with E-state index in [1.54, 1.807) is 31.3 Å². The standard InChI is InChI=1S/C14H17N3O2/c1-4-19-14-7-12(16-9-10(2)8-15)5-6-13(14)17-11(3)18/h5-7,9,16H,4H2,1-3H3,(H,17,18)/b10-9-. The van der Waals surface area contributed by atoms with Gasteiger partial charge in [0.25, 0.3) is 0 Å². The van der Waals surface area contributed by atoms with Gasteiger partial charge < -0.3 is 15.4 Å². The highest BCUT2D eigenvalue weighted by Crippen LogP contribution is 2.28. The minimum atomic E-state index is -0.151. The quantitative estimate of drug-likeness (QED) is 0.797. The minimum absolute atomic E-state index is 0.151. The van der Waals surface area contributed by atoms with Gasteiger partial charge in [-0.05, 0) is 26.0 Å². The third kappa shape index (κ3) is 4.72. The first-order chi connectivity index (χ1) is 9.06. The van der Waals surface area contributed by atoms with E-state index in [0.717, 1.165) is 5.69 Å². The first-order valence-corrected chi connectivity index (χ1v) is 5.94. The molecular formula is C14H17N3O2. The summed E-state index contributed by atoms with van der Waals surface area (Å²) < 4.78 is 5.47. The van der Waals surface area contributed by atoms with Crippen LogP contribution >= 0.6 is 0 Å². The molecule has 0 unspecified atom stereocenters. The van der Waals surface area contributed by atoms with Gasteiger partial charge in [-0.15, -0.1) is 0 Å². The van der Waals surface area contributed by atoms with Gasteiger partial charge in [-0.25, -0.2) is 0 Å². The number of nitriles is 1. The average molecular weight is 259 g/mol. The van der Waals surface area contributed by atoms with E-state index < -0.39 is 0 Å². The molecule has 5 nitrogen and oxygen atoms in total. The number of carbonyl (C=O) groups is 1. The molecule has 100 valence electrons. The molecule has 0 aromatic heterocycles. The van der Waals surface area contributed by atoms with Crippen LogP contribution < -0.4 is 15.4 Å². The summed E-state index contributed by atoms with van der Waals surface area (Å²) in [7, 11) is 0. The molecule has 0 aliphatic heterocycles. The minimum Gasteiger partial charge on any atom is -0.492 e. The summed E-state index contributed by atoms with van der Waals surface area (Å²) in [5, 5.41) is 14.4. The lowest BCUT2D eigenvalue weighted by Crippen LogP contribution is -2.08. The number of allylic oxidation sites excluding steroid dienone is 1. The Labute approximate surface area is 112 Å². The zero-order chi connectivity index (χ0) is 14.3. The Balaban J connectivity index is 2.95. The van der Waals surface area contributed by atoms with Crippen molar-refractivity contribution in [1.82, 2.24) is 0 Å². The van der Waals surface area contributed by atoms with Crippen molar-refractivity contribution >= 4 is 17.3 Å². The SMILES string of the molecule is CCOc1cc(N/C=C(/C)C#N)ccc1NC(C)=O. The van der Waals surface area contributed by atoms with Crippen molar-refractivity contribution in [3.63, 3.8) is 0 Å². The molecule has 5 heteroatoms. The van der Waals surface area contributed by atoms with Gasteiger partial charge in [0.2, 0.25) is 5.91 Å². The molecule has 0 saturated heterocycles. The van der Waals surface area contributed by atoms with Gasteiger partial charge in [0, 0.05) is 30.5 Å². The molecule has 0 atom stereocenters. The summed E-state index contributed by atoms with van der Waals surface area (Å²) in [5.74, 6) is 0.438. The number of nitrogens with zero attached hydrogens (tertiary/aromatic N) is 1. The van der Waals surface area contributed by atoms with E-state index in [9.17, 15) is 4.79 Å². The molecular weight excluding hydrogens is 242 g/mol. The van der Waals surface area contributed by atoms with Gasteiger partial charge in [-0.1, -0.05) is 0 Å². The fraction of sp³-hybridized carbons (Fsp3) is 0.286. The highest BCUT2D eigenvalue weighted by Gasteiger charge is 2.06. The van der Waals surface area contributed by atoms with Crippen LogP contribution in [0.2, 0.25) is 0 Å². The molecule has 1 aromatic rings. The molecule has 19 heavy (non-hydrogen) atoms. The maximum atomic E-state index is 11.1. The number of amides is 1. The van der Waals surface area contributed by atoms with Crippen molar-refractivity contribution < 1.29 is 9.53 Å². The van der Waals surface area contributed by atoms with E-state index in [-0.39, 0.29) is 5.91 Å². The molecule has 0 radical (unpaired) electrons. The Hall–Kier alpha value is -2.48. The maximum absolute atomic E-state index is 11.1. The summed E-state index contributed by atoms with van der Waals surface area (Å²) in [6.45, 7) is 5.53. The molecule has 0 aliphatic carbocycles. The summed E-state index contributed by atoms with van der Waals surface area (Å²) in [4.78, 5) is 11.1. The van der Waals surface area contributed by atoms with Crippen LogP contribution in [-0.4, -0.2) is 12.5 Å². The first-order valence-electron chi connectivity index (χ1n) is 5.94. The monoisotopic (exact) mass is 259 g/mol. The fourth-order valence-corrected chi connectivity index (χ4v) is 1.40. The van der Waals surface area contributed by atoms with Crippen LogP contribution in [0.3, 0.4) is 0 Å². The zero-order valence-corrected chi connectivity index (χ0v) is 11.3. The van der Waals surface area contributed by atoms with Crippen LogP contribution in [0.5, 0.6) is 5.75 Å². The molecule has 2 N–H and O–H groups in total. The van der Waals surface area contributed by atoms with Gasteiger partial charge in [-0.3, -0.25) is 4.79 Å². The number of ether oxygens (including phenoxy) is 1. The van der Waals surface area contributed by atoms with Crippen molar-refractivity contribution in [2.45, 2.75) is 20.8 Å². The second-order valence-electron chi connectivity index (χ2n) is 3.91. The van der Waals surface area contributed by atoms with Crippen LogP contribution in [-0.2, 0) is 4.79 Å². The van der Waals surface area contributed by atoms with Crippen molar-refractivity contribution in [3.8, 4) is 11.8 Å². The predicted molar refractivity (Wildman–Crippen MR) is 74.9 cm³/mol. The first kappa shape index (κ1) is 14.6. The number of benzene rings is 1. The van der Waals surface area contributed by atoms with E-state index >= 15 is 0 Å². The molecule has 0 bridgehead atoms. The highest BCUT2D eigenvalue weighted by atomic mass is 16.5. The average Bonchev–Trinajstić information content (AvgIpc) is 2.38. The Morgan fingerprint density at radius 1 is 1.47 bits per heavy atom. The van der Waals surface area contributed by atoms with Crippen molar-refractivity contribution in [3.05, 3.63) is 30.0 Å². The third-order valence-corrected chi connectivity index (χ3v) is 2.22. The van der Waals surface area contributed by atoms with Crippen molar-refractivity contribution in [1.29, 1.82) is 5.26 Å². The van der Waals surface area contributed by atoms with Crippen LogP contribution in [0.1, 0.15) is 20.8 Å². The number of carbonyl (C=O) groups excluding carboxylic acids is 1. The summed E-state index contributed by atoms with van der Waals surface area (Å²) in [5.41, 5.74) is 1.98. The Bertz CT molecular complexity index is 530.